The molecule has 0 atom stereocenters. The minimum atomic E-state index is 0.199. The highest BCUT2D eigenvalue weighted by atomic mass is 16.3. The number of aliphatic hydroxyl groups excluding tert-OH is 1. The molecule has 0 aromatic carbocycles. The lowest BCUT2D eigenvalue weighted by Gasteiger charge is -2.14. The van der Waals surface area contributed by atoms with Crippen LogP contribution in [-0.4, -0.2) is 36.2 Å². The highest BCUT2D eigenvalue weighted by Gasteiger charge is 1.93. The van der Waals surface area contributed by atoms with Crippen LogP contribution in [0.2, 0.25) is 0 Å². The first-order chi connectivity index (χ1) is 3.85. The maximum Gasteiger partial charge on any atom is 0.0558 e. The molecule has 0 saturated heterocycles. The molecule has 0 spiro atoms. The standard InChI is InChI=1S/C6H13NO/c1-3-7(4-2)5-6-8/h1,8H,3-6H2,2H3. The zero-order valence-electron chi connectivity index (χ0n) is 5.30. The van der Waals surface area contributed by atoms with Crippen molar-refractivity contribution in [2.75, 3.05) is 26.2 Å². The largest absolute Gasteiger partial charge is 0.395 e. The predicted molar refractivity (Wildman–Crippen MR) is 33.5 cm³/mol. The zero-order chi connectivity index (χ0) is 6.41. The summed E-state index contributed by atoms with van der Waals surface area (Å²) in [6.45, 7) is 9.64. The summed E-state index contributed by atoms with van der Waals surface area (Å²) in [6, 6.07) is 0. The van der Waals surface area contributed by atoms with Crippen LogP contribution in [0.3, 0.4) is 0 Å². The van der Waals surface area contributed by atoms with E-state index in [1.807, 2.05) is 11.8 Å². The Balaban J connectivity index is 3.07. The molecule has 0 aliphatic rings. The number of aliphatic hydroxyl groups is 1. The molecule has 1 N–H and O–H groups in total. The molecule has 2 nitrogen and oxygen atoms in total. The van der Waals surface area contributed by atoms with Crippen LogP contribution in [0.15, 0.2) is 0 Å². The van der Waals surface area contributed by atoms with Crippen LogP contribution in [0, 0.1) is 6.92 Å². The van der Waals surface area contributed by atoms with Crippen molar-refractivity contribution >= 4 is 0 Å². The smallest absolute Gasteiger partial charge is 0.0558 e. The monoisotopic (exact) mass is 115 g/mol. The Morgan fingerprint density at radius 2 is 2.25 bits per heavy atom. The van der Waals surface area contributed by atoms with Gasteiger partial charge in [0.05, 0.1) is 6.61 Å². The van der Waals surface area contributed by atoms with Crippen LogP contribution in [0.5, 0.6) is 0 Å². The summed E-state index contributed by atoms with van der Waals surface area (Å²) in [5.74, 6) is 0. The van der Waals surface area contributed by atoms with Gasteiger partial charge in [-0.3, -0.25) is 0 Å². The summed E-state index contributed by atoms with van der Waals surface area (Å²) in [7, 11) is 0. The van der Waals surface area contributed by atoms with Crippen molar-refractivity contribution in [3.8, 4) is 0 Å². The van der Waals surface area contributed by atoms with Gasteiger partial charge in [0.2, 0.25) is 0 Å². The molecule has 48 valence electrons. The van der Waals surface area contributed by atoms with E-state index in [1.165, 1.54) is 0 Å². The lowest BCUT2D eigenvalue weighted by atomic mass is 10.5. The minimum Gasteiger partial charge on any atom is -0.395 e. The van der Waals surface area contributed by atoms with Crippen molar-refractivity contribution in [3.05, 3.63) is 6.92 Å². The third kappa shape index (κ3) is 2.99. The highest BCUT2D eigenvalue weighted by Crippen LogP contribution is 1.82. The summed E-state index contributed by atoms with van der Waals surface area (Å²) in [6.07, 6.45) is 0. The topological polar surface area (TPSA) is 23.5 Å². The van der Waals surface area contributed by atoms with Crippen LogP contribution in [-0.2, 0) is 0 Å². The van der Waals surface area contributed by atoms with Crippen molar-refractivity contribution in [1.82, 2.24) is 4.90 Å². The number of likely N-dealkylation sites (N-methyl/N-ethyl adjacent to an activating group) is 1. The Bertz CT molecular complexity index is 43.8. The van der Waals surface area contributed by atoms with Gasteiger partial charge in [0.25, 0.3) is 0 Å². The average Bonchev–Trinajstić information content (AvgIpc) is 1.83. The average molecular weight is 115 g/mol. The SMILES string of the molecule is [CH]CN(CC)CCO. The second kappa shape index (κ2) is 5.06. The Hall–Kier alpha value is -0.0800. The molecular weight excluding hydrogens is 102 g/mol. The van der Waals surface area contributed by atoms with Gasteiger partial charge in [0, 0.05) is 13.1 Å². The fourth-order valence-corrected chi connectivity index (χ4v) is 0.520. The van der Waals surface area contributed by atoms with E-state index < -0.39 is 0 Å². The molecule has 0 unspecified atom stereocenters. The van der Waals surface area contributed by atoms with Crippen LogP contribution >= 0.6 is 0 Å². The molecular formula is C6H13NO. The molecule has 0 heterocycles. The first kappa shape index (κ1) is 7.92. The maximum absolute atomic E-state index is 8.40. The molecule has 2 radical (unpaired) electrons. The molecule has 2 heteroatoms. The summed E-state index contributed by atoms with van der Waals surface area (Å²) in [5.41, 5.74) is 0. The summed E-state index contributed by atoms with van der Waals surface area (Å²) < 4.78 is 0. The number of hydrogen-bond acceptors (Lipinski definition) is 2. The van der Waals surface area contributed by atoms with Crippen molar-refractivity contribution < 1.29 is 5.11 Å². The van der Waals surface area contributed by atoms with E-state index in [0.717, 1.165) is 6.54 Å². The van der Waals surface area contributed by atoms with Gasteiger partial charge < -0.3 is 10.0 Å². The molecule has 0 saturated carbocycles. The van der Waals surface area contributed by atoms with E-state index in [0.29, 0.717) is 13.1 Å². The van der Waals surface area contributed by atoms with Crippen molar-refractivity contribution in [2.24, 2.45) is 0 Å². The summed E-state index contributed by atoms with van der Waals surface area (Å²) in [4.78, 5) is 1.96. The minimum absolute atomic E-state index is 0.199. The van der Waals surface area contributed by atoms with Gasteiger partial charge in [0.15, 0.2) is 0 Å². The van der Waals surface area contributed by atoms with Crippen LogP contribution in [0.4, 0.5) is 0 Å². The normalized spacial score (nSPS) is 10.5. The lowest BCUT2D eigenvalue weighted by molar-refractivity contribution is 0.214. The van der Waals surface area contributed by atoms with Gasteiger partial charge in [-0.05, 0) is 13.5 Å². The molecule has 0 bridgehead atoms. The van der Waals surface area contributed by atoms with Gasteiger partial charge in [-0.1, -0.05) is 6.92 Å². The zero-order valence-corrected chi connectivity index (χ0v) is 5.30. The van der Waals surface area contributed by atoms with Crippen molar-refractivity contribution in [2.45, 2.75) is 6.92 Å². The van der Waals surface area contributed by atoms with E-state index in [2.05, 4.69) is 0 Å². The molecule has 0 aromatic rings. The van der Waals surface area contributed by atoms with Crippen molar-refractivity contribution in [3.63, 3.8) is 0 Å². The molecule has 0 amide bonds. The first-order valence-electron chi connectivity index (χ1n) is 2.88. The fraction of sp³-hybridized carbons (Fsp3) is 0.833. The number of hydrogen-bond donors (Lipinski definition) is 1. The number of rotatable bonds is 4. The summed E-state index contributed by atoms with van der Waals surface area (Å²) in [5, 5.41) is 8.40. The van der Waals surface area contributed by atoms with Crippen molar-refractivity contribution in [1.29, 1.82) is 0 Å². The Morgan fingerprint density at radius 1 is 1.62 bits per heavy atom. The highest BCUT2D eigenvalue weighted by molar-refractivity contribution is 4.53. The molecule has 0 aromatic heterocycles. The van der Waals surface area contributed by atoms with Gasteiger partial charge in [-0.2, -0.15) is 0 Å². The molecule has 0 fully saturated rings. The second-order valence-electron chi connectivity index (χ2n) is 1.62. The lowest BCUT2D eigenvalue weighted by Crippen LogP contribution is -2.26. The van der Waals surface area contributed by atoms with Gasteiger partial charge in [-0.15, -0.1) is 0 Å². The Kier molecular flexibility index (Phi) is 5.01. The van der Waals surface area contributed by atoms with Crippen LogP contribution in [0.1, 0.15) is 6.92 Å². The Labute approximate surface area is 51.1 Å². The van der Waals surface area contributed by atoms with E-state index in [-0.39, 0.29) is 6.61 Å². The Morgan fingerprint density at radius 3 is 2.38 bits per heavy atom. The summed E-state index contributed by atoms with van der Waals surface area (Å²) >= 11 is 0. The predicted octanol–water partition coefficient (Wildman–Crippen LogP) is 0.0117. The maximum atomic E-state index is 8.40. The van der Waals surface area contributed by atoms with E-state index in [9.17, 15) is 0 Å². The second-order valence-corrected chi connectivity index (χ2v) is 1.62. The van der Waals surface area contributed by atoms with E-state index >= 15 is 0 Å². The van der Waals surface area contributed by atoms with Crippen LogP contribution < -0.4 is 0 Å². The first-order valence-corrected chi connectivity index (χ1v) is 2.88. The third-order valence-electron chi connectivity index (χ3n) is 1.12. The third-order valence-corrected chi connectivity index (χ3v) is 1.12. The quantitative estimate of drug-likeness (QED) is 0.558. The van der Waals surface area contributed by atoms with Gasteiger partial charge >= 0.3 is 0 Å². The number of nitrogens with zero attached hydrogens (tertiary/aromatic N) is 1. The van der Waals surface area contributed by atoms with E-state index in [1.54, 1.807) is 0 Å². The fourth-order valence-electron chi connectivity index (χ4n) is 0.520. The van der Waals surface area contributed by atoms with Gasteiger partial charge in [0.1, 0.15) is 0 Å². The molecule has 0 rings (SSSR count). The van der Waals surface area contributed by atoms with Gasteiger partial charge in [-0.25, -0.2) is 0 Å². The molecule has 0 aliphatic carbocycles. The van der Waals surface area contributed by atoms with E-state index in [4.69, 9.17) is 12.0 Å². The van der Waals surface area contributed by atoms with Crippen LogP contribution in [0.25, 0.3) is 0 Å². The molecule has 8 heavy (non-hydrogen) atoms. The molecule has 0 aliphatic heterocycles.